The molecule has 2 aliphatic rings. The van der Waals surface area contributed by atoms with E-state index in [1.54, 1.807) is 24.3 Å². The SMILES string of the molecule is COC(=O)c1ccccc1C12CN(Cc3ccccc3)C(=O)C(O1)C(C(=O)O)O2. The normalized spacial score (nSPS) is 25.7. The summed E-state index contributed by atoms with van der Waals surface area (Å²) in [6.07, 6.45) is -2.79. The Morgan fingerprint density at radius 2 is 1.83 bits per heavy atom. The van der Waals surface area contributed by atoms with Crippen LogP contribution >= 0.6 is 0 Å². The lowest BCUT2D eigenvalue weighted by Gasteiger charge is -2.39. The number of carboxylic acids is 1. The number of ether oxygens (including phenoxy) is 3. The third-order valence-electron chi connectivity index (χ3n) is 5.07. The Kier molecular flexibility index (Phi) is 4.81. The Balaban J connectivity index is 1.77. The van der Waals surface area contributed by atoms with Crippen molar-refractivity contribution in [2.75, 3.05) is 13.7 Å². The van der Waals surface area contributed by atoms with Crippen LogP contribution in [0.15, 0.2) is 54.6 Å². The topological polar surface area (TPSA) is 102 Å². The number of benzene rings is 2. The number of aliphatic carboxylic acids is 1. The quantitative estimate of drug-likeness (QED) is 0.764. The fraction of sp³-hybridized carbons (Fsp3) is 0.286. The average molecular weight is 397 g/mol. The summed E-state index contributed by atoms with van der Waals surface area (Å²) in [7, 11) is 1.25. The number of fused-ring (bicyclic) bond motifs is 2. The first-order valence-electron chi connectivity index (χ1n) is 9.04. The molecule has 1 N–H and O–H groups in total. The number of carbonyl (C=O) groups excluding carboxylic acids is 2. The molecule has 0 spiro atoms. The summed E-state index contributed by atoms with van der Waals surface area (Å²) < 4.78 is 16.5. The molecule has 2 fully saturated rings. The maximum atomic E-state index is 12.9. The highest BCUT2D eigenvalue weighted by Gasteiger charge is 2.61. The summed E-state index contributed by atoms with van der Waals surface area (Å²) in [6.45, 7) is 0.201. The van der Waals surface area contributed by atoms with Gasteiger partial charge in [-0.2, -0.15) is 0 Å². The van der Waals surface area contributed by atoms with Crippen LogP contribution in [0.1, 0.15) is 21.5 Å². The minimum Gasteiger partial charge on any atom is -0.479 e. The third-order valence-corrected chi connectivity index (χ3v) is 5.07. The fourth-order valence-electron chi connectivity index (χ4n) is 3.76. The van der Waals surface area contributed by atoms with Crippen LogP contribution in [0.25, 0.3) is 0 Å². The first-order valence-corrected chi connectivity index (χ1v) is 9.04. The standard InChI is InChI=1S/C21H19NO7/c1-27-20(26)14-9-5-6-10-15(14)21-12-22(11-13-7-3-2-4-8-13)18(23)16(28-21)17(29-21)19(24)25/h2-10,16-17H,11-12H2,1H3,(H,24,25). The Hall–Kier alpha value is -3.23. The molecule has 0 radical (unpaired) electrons. The summed E-state index contributed by atoms with van der Waals surface area (Å²) in [6, 6.07) is 15.8. The first-order chi connectivity index (χ1) is 13.9. The minimum atomic E-state index is -1.58. The van der Waals surface area contributed by atoms with E-state index in [2.05, 4.69) is 0 Å². The van der Waals surface area contributed by atoms with Gasteiger partial charge in [-0.05, 0) is 11.6 Å². The van der Waals surface area contributed by atoms with E-state index in [9.17, 15) is 19.5 Å². The highest BCUT2D eigenvalue weighted by atomic mass is 16.8. The smallest absolute Gasteiger partial charge is 0.338 e. The van der Waals surface area contributed by atoms with Crippen molar-refractivity contribution in [3.8, 4) is 0 Å². The van der Waals surface area contributed by atoms with Gasteiger partial charge >= 0.3 is 11.9 Å². The molecule has 0 aromatic heterocycles. The van der Waals surface area contributed by atoms with E-state index in [1.807, 2.05) is 30.3 Å². The monoisotopic (exact) mass is 397 g/mol. The van der Waals surface area contributed by atoms with Gasteiger partial charge in [-0.25, -0.2) is 9.59 Å². The number of amides is 1. The van der Waals surface area contributed by atoms with Crippen molar-refractivity contribution in [2.24, 2.45) is 0 Å². The number of carboxylic acid groups (broad SMARTS) is 1. The van der Waals surface area contributed by atoms with E-state index in [4.69, 9.17) is 14.2 Å². The molecule has 8 nitrogen and oxygen atoms in total. The number of esters is 1. The molecule has 29 heavy (non-hydrogen) atoms. The molecule has 2 bridgehead atoms. The van der Waals surface area contributed by atoms with E-state index in [1.165, 1.54) is 12.0 Å². The minimum absolute atomic E-state index is 0.0605. The predicted molar refractivity (Wildman–Crippen MR) is 98.7 cm³/mol. The van der Waals surface area contributed by atoms with Gasteiger partial charge in [0.25, 0.3) is 5.91 Å². The number of methoxy groups -OCH3 is 1. The van der Waals surface area contributed by atoms with Gasteiger partial charge in [0.05, 0.1) is 19.2 Å². The summed E-state index contributed by atoms with van der Waals surface area (Å²) >= 11 is 0. The second kappa shape index (κ2) is 7.31. The maximum Gasteiger partial charge on any atom is 0.338 e. The van der Waals surface area contributed by atoms with Crippen LogP contribution in [0, 0.1) is 0 Å². The van der Waals surface area contributed by atoms with Crippen LogP contribution < -0.4 is 0 Å². The van der Waals surface area contributed by atoms with Crippen molar-refractivity contribution < 1.29 is 33.7 Å². The van der Waals surface area contributed by atoms with Gasteiger partial charge < -0.3 is 24.2 Å². The molecule has 2 aliphatic heterocycles. The average Bonchev–Trinajstić information content (AvgIpc) is 3.09. The number of rotatable bonds is 5. The second-order valence-corrected chi connectivity index (χ2v) is 6.89. The van der Waals surface area contributed by atoms with E-state index in [-0.39, 0.29) is 18.7 Å². The molecule has 0 aliphatic carbocycles. The lowest BCUT2D eigenvalue weighted by Crippen LogP contribution is -2.53. The van der Waals surface area contributed by atoms with E-state index < -0.39 is 35.8 Å². The zero-order valence-corrected chi connectivity index (χ0v) is 15.6. The van der Waals surface area contributed by atoms with Gasteiger partial charge in [0.2, 0.25) is 5.79 Å². The molecule has 2 aromatic carbocycles. The summed E-state index contributed by atoms with van der Waals surface area (Å²) in [4.78, 5) is 38.4. The van der Waals surface area contributed by atoms with E-state index in [0.29, 0.717) is 5.56 Å². The van der Waals surface area contributed by atoms with Crippen molar-refractivity contribution in [2.45, 2.75) is 24.5 Å². The Morgan fingerprint density at radius 1 is 1.14 bits per heavy atom. The van der Waals surface area contributed by atoms with Crippen LogP contribution in [0.4, 0.5) is 0 Å². The van der Waals surface area contributed by atoms with E-state index >= 15 is 0 Å². The Morgan fingerprint density at radius 3 is 2.52 bits per heavy atom. The lowest BCUT2D eigenvalue weighted by atomic mass is 9.97. The molecule has 0 saturated carbocycles. The molecule has 4 rings (SSSR count). The zero-order valence-electron chi connectivity index (χ0n) is 15.6. The molecular formula is C21H19NO7. The number of hydrogen-bond acceptors (Lipinski definition) is 6. The number of carbonyl (C=O) groups is 3. The highest BCUT2D eigenvalue weighted by molar-refractivity contribution is 5.92. The van der Waals surface area contributed by atoms with Crippen molar-refractivity contribution in [1.82, 2.24) is 4.90 Å². The van der Waals surface area contributed by atoms with Crippen LogP contribution in [-0.4, -0.2) is 53.7 Å². The predicted octanol–water partition coefficient (Wildman–Crippen LogP) is 1.54. The highest BCUT2D eigenvalue weighted by Crippen LogP contribution is 2.44. The molecule has 2 aromatic rings. The number of morpholine rings is 1. The third kappa shape index (κ3) is 3.26. The van der Waals surface area contributed by atoms with Crippen molar-refractivity contribution in [3.05, 3.63) is 71.3 Å². The van der Waals surface area contributed by atoms with Crippen molar-refractivity contribution >= 4 is 17.8 Å². The molecule has 1 amide bonds. The first kappa shape index (κ1) is 19.1. The summed E-state index contributed by atoms with van der Waals surface area (Å²) in [5.74, 6) is -3.96. The van der Waals surface area contributed by atoms with Gasteiger partial charge in [-0.3, -0.25) is 4.79 Å². The van der Waals surface area contributed by atoms with Gasteiger partial charge in [-0.1, -0.05) is 48.5 Å². The van der Waals surface area contributed by atoms with Gasteiger partial charge in [-0.15, -0.1) is 0 Å². The van der Waals surface area contributed by atoms with Crippen molar-refractivity contribution in [1.29, 1.82) is 0 Å². The molecule has 2 heterocycles. The molecule has 8 heteroatoms. The molecular weight excluding hydrogens is 378 g/mol. The van der Waals surface area contributed by atoms with Crippen LogP contribution in [0.5, 0.6) is 0 Å². The fourth-order valence-corrected chi connectivity index (χ4v) is 3.76. The van der Waals surface area contributed by atoms with Crippen LogP contribution in [0.2, 0.25) is 0 Å². The second-order valence-electron chi connectivity index (χ2n) is 6.89. The van der Waals surface area contributed by atoms with Crippen LogP contribution in [-0.2, 0) is 36.1 Å². The maximum absolute atomic E-state index is 12.9. The van der Waals surface area contributed by atoms with Crippen LogP contribution in [0.3, 0.4) is 0 Å². The number of hydrogen-bond donors (Lipinski definition) is 1. The van der Waals surface area contributed by atoms with Gasteiger partial charge in [0.1, 0.15) is 0 Å². The summed E-state index contributed by atoms with van der Waals surface area (Å²) in [5, 5.41) is 9.57. The van der Waals surface area contributed by atoms with E-state index in [0.717, 1.165) is 5.56 Å². The molecule has 3 unspecified atom stereocenters. The molecule has 2 saturated heterocycles. The molecule has 150 valence electrons. The lowest BCUT2D eigenvalue weighted by molar-refractivity contribution is -0.220. The zero-order chi connectivity index (χ0) is 20.6. The molecule has 3 atom stereocenters. The largest absolute Gasteiger partial charge is 0.479 e. The Labute approximate surface area is 166 Å². The van der Waals surface area contributed by atoms with Gasteiger partial charge in [0, 0.05) is 12.1 Å². The summed E-state index contributed by atoms with van der Waals surface area (Å²) in [5.41, 5.74) is 1.39. The van der Waals surface area contributed by atoms with Gasteiger partial charge in [0.15, 0.2) is 12.2 Å². The Bertz CT molecular complexity index is 961. The number of nitrogens with zero attached hydrogens (tertiary/aromatic N) is 1. The van der Waals surface area contributed by atoms with Crippen molar-refractivity contribution in [3.63, 3.8) is 0 Å².